The maximum atomic E-state index is 11.8. The topological polar surface area (TPSA) is 0 Å². The van der Waals surface area contributed by atoms with Crippen molar-refractivity contribution in [3.63, 3.8) is 0 Å². The predicted octanol–water partition coefficient (Wildman–Crippen LogP) is 4.31. The van der Waals surface area contributed by atoms with Crippen LogP contribution in [0.4, 0.5) is 13.2 Å². The van der Waals surface area contributed by atoms with Crippen molar-refractivity contribution in [3.8, 4) is 0 Å². The van der Waals surface area contributed by atoms with Crippen LogP contribution in [0.1, 0.15) is 12.0 Å². The maximum absolute atomic E-state index is 11.8. The van der Waals surface area contributed by atoms with Crippen LogP contribution in [0, 0.1) is 0 Å². The highest BCUT2D eigenvalue weighted by atomic mass is 35.5. The molecule has 0 aromatic heterocycles. The van der Waals surface area contributed by atoms with Crippen molar-refractivity contribution >= 4 is 17.7 Å². The quantitative estimate of drug-likeness (QED) is 0.697. The number of hydrogen-bond donors (Lipinski definition) is 0. The van der Waals surface area contributed by atoms with Crippen LogP contribution in [0.25, 0.3) is 6.08 Å². The molecule has 0 amide bonds. The summed E-state index contributed by atoms with van der Waals surface area (Å²) in [5.74, 6) is 0. The van der Waals surface area contributed by atoms with Crippen LogP contribution < -0.4 is 0 Å². The number of benzene rings is 1. The third kappa shape index (κ3) is 4.33. The molecule has 1 aromatic rings. The van der Waals surface area contributed by atoms with Gasteiger partial charge in [0.05, 0.1) is 6.42 Å². The molecular formula is C10H8ClF3. The summed E-state index contributed by atoms with van der Waals surface area (Å²) in [5.41, 5.74) is 0.707. The number of hydrogen-bond acceptors (Lipinski definition) is 0. The summed E-state index contributed by atoms with van der Waals surface area (Å²) < 4.78 is 35.3. The van der Waals surface area contributed by atoms with E-state index in [1.54, 1.807) is 24.3 Å². The van der Waals surface area contributed by atoms with Crippen LogP contribution in [0.2, 0.25) is 5.02 Å². The number of alkyl halides is 3. The van der Waals surface area contributed by atoms with E-state index in [1.807, 2.05) is 0 Å². The number of allylic oxidation sites excluding steroid dienone is 1. The molecule has 0 saturated carbocycles. The van der Waals surface area contributed by atoms with Gasteiger partial charge in [-0.15, -0.1) is 0 Å². The number of rotatable bonds is 2. The summed E-state index contributed by atoms with van der Waals surface area (Å²) in [6.07, 6.45) is -2.54. The van der Waals surface area contributed by atoms with Crippen molar-refractivity contribution in [2.24, 2.45) is 0 Å². The van der Waals surface area contributed by atoms with Crippen LogP contribution in [0.15, 0.2) is 30.3 Å². The minimum atomic E-state index is -4.14. The van der Waals surface area contributed by atoms with E-state index in [4.69, 9.17) is 11.6 Å². The van der Waals surface area contributed by atoms with Gasteiger partial charge in [-0.2, -0.15) is 13.2 Å². The zero-order valence-electron chi connectivity index (χ0n) is 7.18. The fraction of sp³-hybridized carbons (Fsp3) is 0.200. The highest BCUT2D eigenvalue weighted by Gasteiger charge is 2.24. The van der Waals surface area contributed by atoms with Crippen LogP contribution in [0.3, 0.4) is 0 Å². The van der Waals surface area contributed by atoms with Crippen molar-refractivity contribution in [1.29, 1.82) is 0 Å². The normalized spacial score (nSPS) is 12.3. The van der Waals surface area contributed by atoms with Gasteiger partial charge in [-0.05, 0) is 17.7 Å². The van der Waals surface area contributed by atoms with Crippen molar-refractivity contribution in [2.75, 3.05) is 0 Å². The Kier molecular flexibility index (Phi) is 3.58. The first-order valence-corrected chi connectivity index (χ1v) is 4.34. The van der Waals surface area contributed by atoms with Crippen molar-refractivity contribution in [2.45, 2.75) is 12.6 Å². The van der Waals surface area contributed by atoms with Crippen molar-refractivity contribution in [3.05, 3.63) is 40.9 Å². The van der Waals surface area contributed by atoms with Crippen LogP contribution in [-0.4, -0.2) is 6.18 Å². The van der Waals surface area contributed by atoms with E-state index >= 15 is 0 Å². The second-order valence-electron chi connectivity index (χ2n) is 2.77. The van der Waals surface area contributed by atoms with E-state index in [1.165, 1.54) is 6.08 Å². The Balaban J connectivity index is 2.57. The Hall–Kier alpha value is -0.960. The van der Waals surface area contributed by atoms with E-state index in [0.717, 1.165) is 6.08 Å². The maximum Gasteiger partial charge on any atom is 0.392 e. The SMILES string of the molecule is FC(F)(F)CC=Cc1ccc(Cl)cc1. The Morgan fingerprint density at radius 1 is 1.14 bits per heavy atom. The van der Waals surface area contributed by atoms with Gasteiger partial charge in [-0.1, -0.05) is 35.9 Å². The molecule has 0 heterocycles. The third-order valence-corrected chi connectivity index (χ3v) is 1.78. The lowest BCUT2D eigenvalue weighted by Gasteiger charge is -2.00. The Morgan fingerprint density at radius 3 is 2.21 bits per heavy atom. The van der Waals surface area contributed by atoms with Crippen LogP contribution >= 0.6 is 11.6 Å². The lowest BCUT2D eigenvalue weighted by atomic mass is 10.2. The predicted molar refractivity (Wildman–Crippen MR) is 51.2 cm³/mol. The van der Waals surface area contributed by atoms with Gasteiger partial charge in [0.25, 0.3) is 0 Å². The van der Waals surface area contributed by atoms with E-state index in [9.17, 15) is 13.2 Å². The van der Waals surface area contributed by atoms with E-state index in [-0.39, 0.29) is 0 Å². The molecule has 0 unspecified atom stereocenters. The molecule has 0 bridgehead atoms. The minimum absolute atomic E-state index is 0.568. The zero-order chi connectivity index (χ0) is 10.6. The Morgan fingerprint density at radius 2 is 1.71 bits per heavy atom. The molecule has 0 aliphatic rings. The van der Waals surface area contributed by atoms with Crippen LogP contribution in [-0.2, 0) is 0 Å². The summed E-state index contributed by atoms with van der Waals surface area (Å²) in [6, 6.07) is 6.59. The fourth-order valence-electron chi connectivity index (χ4n) is 0.903. The van der Waals surface area contributed by atoms with E-state index < -0.39 is 12.6 Å². The fourth-order valence-corrected chi connectivity index (χ4v) is 1.03. The first kappa shape index (κ1) is 11.1. The molecule has 0 nitrogen and oxygen atoms in total. The number of halogens is 4. The van der Waals surface area contributed by atoms with Gasteiger partial charge in [0.1, 0.15) is 0 Å². The zero-order valence-corrected chi connectivity index (χ0v) is 7.94. The monoisotopic (exact) mass is 220 g/mol. The molecule has 76 valence electrons. The molecule has 1 aromatic carbocycles. The van der Waals surface area contributed by atoms with Gasteiger partial charge in [0.15, 0.2) is 0 Å². The second kappa shape index (κ2) is 4.51. The third-order valence-electron chi connectivity index (χ3n) is 1.53. The summed E-state index contributed by atoms with van der Waals surface area (Å²) in [6.45, 7) is 0. The summed E-state index contributed by atoms with van der Waals surface area (Å²) in [4.78, 5) is 0. The standard InChI is InChI=1S/C10H8ClF3/c11-9-5-3-8(4-6-9)2-1-7-10(12,13)14/h1-6H,7H2. The lowest BCUT2D eigenvalue weighted by molar-refractivity contribution is -0.124. The second-order valence-corrected chi connectivity index (χ2v) is 3.21. The van der Waals surface area contributed by atoms with Gasteiger partial charge in [0.2, 0.25) is 0 Å². The van der Waals surface area contributed by atoms with E-state index in [2.05, 4.69) is 0 Å². The summed E-state index contributed by atoms with van der Waals surface area (Å²) >= 11 is 5.61. The van der Waals surface area contributed by atoms with Gasteiger partial charge >= 0.3 is 6.18 Å². The molecule has 0 N–H and O–H groups in total. The molecule has 0 aliphatic carbocycles. The molecule has 4 heteroatoms. The highest BCUT2D eigenvalue weighted by Crippen LogP contribution is 2.20. The average molecular weight is 221 g/mol. The molecular weight excluding hydrogens is 213 g/mol. The molecule has 0 spiro atoms. The highest BCUT2D eigenvalue weighted by molar-refractivity contribution is 6.30. The van der Waals surface area contributed by atoms with E-state index in [0.29, 0.717) is 10.6 Å². The van der Waals surface area contributed by atoms with Crippen LogP contribution in [0.5, 0.6) is 0 Å². The molecule has 0 fully saturated rings. The molecule has 0 aliphatic heterocycles. The molecule has 14 heavy (non-hydrogen) atoms. The molecule has 0 saturated heterocycles. The molecule has 0 radical (unpaired) electrons. The molecule has 1 rings (SSSR count). The summed E-state index contributed by atoms with van der Waals surface area (Å²) in [7, 11) is 0. The van der Waals surface area contributed by atoms with Gasteiger partial charge in [0, 0.05) is 5.02 Å². The smallest absolute Gasteiger partial charge is 0.171 e. The van der Waals surface area contributed by atoms with Crippen molar-refractivity contribution in [1.82, 2.24) is 0 Å². The molecule has 0 atom stereocenters. The lowest BCUT2D eigenvalue weighted by Crippen LogP contribution is -2.03. The van der Waals surface area contributed by atoms with Gasteiger partial charge in [-0.25, -0.2) is 0 Å². The summed E-state index contributed by atoms with van der Waals surface area (Å²) in [5, 5.41) is 0.568. The van der Waals surface area contributed by atoms with Gasteiger partial charge < -0.3 is 0 Å². The minimum Gasteiger partial charge on any atom is -0.171 e. The Labute approximate surface area is 85.0 Å². The first-order chi connectivity index (χ1) is 6.47. The first-order valence-electron chi connectivity index (χ1n) is 3.96. The average Bonchev–Trinajstić information content (AvgIpc) is 2.06. The largest absolute Gasteiger partial charge is 0.392 e. The Bertz CT molecular complexity index is 311. The van der Waals surface area contributed by atoms with Gasteiger partial charge in [-0.3, -0.25) is 0 Å². The van der Waals surface area contributed by atoms with Crippen molar-refractivity contribution < 1.29 is 13.2 Å².